The Morgan fingerprint density at radius 3 is 2.50 bits per heavy atom. The molecule has 2 rings (SSSR count). The third-order valence-electron chi connectivity index (χ3n) is 2.59. The fourth-order valence-electron chi connectivity index (χ4n) is 1.78. The van der Waals surface area contributed by atoms with Crippen LogP contribution in [-0.4, -0.2) is 15.0 Å². The molecule has 1 heterocycles. The van der Waals surface area contributed by atoms with Gasteiger partial charge >= 0.3 is 0 Å². The highest BCUT2D eigenvalue weighted by atomic mass is 19.1. The molecule has 0 saturated heterocycles. The molecule has 0 aliphatic heterocycles. The lowest BCUT2D eigenvalue weighted by atomic mass is 10.1. The van der Waals surface area contributed by atoms with Crippen LogP contribution in [0.5, 0.6) is 0 Å². The van der Waals surface area contributed by atoms with Crippen molar-refractivity contribution in [2.75, 3.05) is 0 Å². The summed E-state index contributed by atoms with van der Waals surface area (Å²) in [6.07, 6.45) is 2.80. The van der Waals surface area contributed by atoms with Crippen molar-refractivity contribution in [3.05, 3.63) is 47.5 Å². The number of halogens is 1. The molecule has 0 amide bonds. The predicted octanol–water partition coefficient (Wildman–Crippen LogP) is 2.73. The molecule has 2 aromatic rings. The summed E-state index contributed by atoms with van der Waals surface area (Å²) < 4.78 is 14.6. The summed E-state index contributed by atoms with van der Waals surface area (Å²) in [5, 5.41) is 8.03. The van der Waals surface area contributed by atoms with Gasteiger partial charge in [0.15, 0.2) is 0 Å². The van der Waals surface area contributed by atoms with Gasteiger partial charge in [-0.15, -0.1) is 5.10 Å². The molecule has 0 radical (unpaired) electrons. The second kappa shape index (κ2) is 4.43. The second-order valence-corrected chi connectivity index (χ2v) is 3.82. The van der Waals surface area contributed by atoms with Gasteiger partial charge in [0, 0.05) is 6.20 Å². The Morgan fingerprint density at radius 2 is 2.00 bits per heavy atom. The average Bonchev–Trinajstić information content (AvgIpc) is 2.69. The zero-order valence-corrected chi connectivity index (χ0v) is 9.39. The van der Waals surface area contributed by atoms with Crippen LogP contribution in [0.2, 0.25) is 0 Å². The molecule has 0 fully saturated rings. The van der Waals surface area contributed by atoms with Crippen molar-refractivity contribution in [3.8, 4) is 0 Å². The summed E-state index contributed by atoms with van der Waals surface area (Å²) in [6, 6.07) is 6.66. The Hall–Kier alpha value is -1.71. The monoisotopic (exact) mass is 219 g/mol. The summed E-state index contributed by atoms with van der Waals surface area (Å²) in [5.41, 5.74) is 1.94. The van der Waals surface area contributed by atoms with E-state index in [1.165, 1.54) is 12.1 Å². The summed E-state index contributed by atoms with van der Waals surface area (Å²) in [5.74, 6) is -0.214. The van der Waals surface area contributed by atoms with Crippen LogP contribution in [0.25, 0.3) is 0 Å². The maximum atomic E-state index is 12.8. The molecule has 0 saturated carbocycles. The maximum absolute atomic E-state index is 12.8. The van der Waals surface area contributed by atoms with E-state index in [0.29, 0.717) is 0 Å². The molecule has 84 valence electrons. The second-order valence-electron chi connectivity index (χ2n) is 3.82. The van der Waals surface area contributed by atoms with Crippen molar-refractivity contribution in [1.82, 2.24) is 15.0 Å². The summed E-state index contributed by atoms with van der Waals surface area (Å²) in [7, 11) is 0. The summed E-state index contributed by atoms with van der Waals surface area (Å²) >= 11 is 0. The van der Waals surface area contributed by atoms with E-state index < -0.39 is 0 Å². The molecular weight excluding hydrogens is 205 g/mol. The van der Waals surface area contributed by atoms with E-state index in [9.17, 15) is 4.39 Å². The third kappa shape index (κ3) is 2.10. The molecule has 1 unspecified atom stereocenters. The largest absolute Gasteiger partial charge is 0.245 e. The molecule has 0 aliphatic carbocycles. The molecule has 0 aliphatic rings. The van der Waals surface area contributed by atoms with Gasteiger partial charge in [-0.2, -0.15) is 0 Å². The van der Waals surface area contributed by atoms with Crippen LogP contribution in [0.1, 0.15) is 30.6 Å². The smallest absolute Gasteiger partial charge is 0.123 e. The van der Waals surface area contributed by atoms with Gasteiger partial charge < -0.3 is 0 Å². The minimum Gasteiger partial charge on any atom is -0.245 e. The number of hydrogen-bond acceptors (Lipinski definition) is 2. The zero-order valence-electron chi connectivity index (χ0n) is 9.39. The van der Waals surface area contributed by atoms with Gasteiger partial charge in [0.2, 0.25) is 0 Å². The standard InChI is InChI=1S/C12H14FN3/c1-3-12(16-8-9(2)14-15-16)10-4-6-11(13)7-5-10/h4-8,12H,3H2,1-2H3. The van der Waals surface area contributed by atoms with E-state index in [-0.39, 0.29) is 11.9 Å². The lowest BCUT2D eigenvalue weighted by molar-refractivity contribution is 0.492. The van der Waals surface area contributed by atoms with E-state index >= 15 is 0 Å². The van der Waals surface area contributed by atoms with E-state index in [1.54, 1.807) is 12.1 Å². The Balaban J connectivity index is 2.32. The van der Waals surface area contributed by atoms with Crippen molar-refractivity contribution in [2.45, 2.75) is 26.3 Å². The highest BCUT2D eigenvalue weighted by molar-refractivity contribution is 5.20. The van der Waals surface area contributed by atoms with Gasteiger partial charge in [-0.1, -0.05) is 24.3 Å². The Labute approximate surface area is 93.9 Å². The van der Waals surface area contributed by atoms with Crippen molar-refractivity contribution in [2.24, 2.45) is 0 Å². The molecule has 3 nitrogen and oxygen atoms in total. The van der Waals surface area contributed by atoms with Crippen LogP contribution < -0.4 is 0 Å². The van der Waals surface area contributed by atoms with Crippen LogP contribution in [0.15, 0.2) is 30.5 Å². The first-order valence-electron chi connectivity index (χ1n) is 5.34. The number of hydrogen-bond donors (Lipinski definition) is 0. The highest BCUT2D eigenvalue weighted by Gasteiger charge is 2.12. The molecule has 1 aromatic carbocycles. The first-order valence-corrected chi connectivity index (χ1v) is 5.34. The Morgan fingerprint density at radius 1 is 1.31 bits per heavy atom. The Bertz CT molecular complexity index is 461. The Kier molecular flexibility index (Phi) is 2.99. The number of aryl methyl sites for hydroxylation is 1. The molecular formula is C12H14FN3. The molecule has 4 heteroatoms. The van der Waals surface area contributed by atoms with Crippen molar-refractivity contribution < 1.29 is 4.39 Å². The van der Waals surface area contributed by atoms with Crippen LogP contribution in [0.4, 0.5) is 4.39 Å². The highest BCUT2D eigenvalue weighted by Crippen LogP contribution is 2.21. The van der Waals surface area contributed by atoms with E-state index in [4.69, 9.17) is 0 Å². The SMILES string of the molecule is CCC(c1ccc(F)cc1)n1cc(C)nn1. The van der Waals surface area contributed by atoms with Gasteiger partial charge in [-0.25, -0.2) is 9.07 Å². The topological polar surface area (TPSA) is 30.7 Å². The van der Waals surface area contributed by atoms with Crippen molar-refractivity contribution >= 4 is 0 Å². The molecule has 1 aromatic heterocycles. The number of benzene rings is 1. The average molecular weight is 219 g/mol. The van der Waals surface area contributed by atoms with Gasteiger partial charge in [-0.3, -0.25) is 0 Å². The predicted molar refractivity (Wildman–Crippen MR) is 59.6 cm³/mol. The molecule has 0 N–H and O–H groups in total. The fourth-order valence-corrected chi connectivity index (χ4v) is 1.78. The van der Waals surface area contributed by atoms with Gasteiger partial charge in [0.1, 0.15) is 5.82 Å². The third-order valence-corrected chi connectivity index (χ3v) is 2.59. The molecule has 1 atom stereocenters. The van der Waals surface area contributed by atoms with Crippen LogP contribution >= 0.6 is 0 Å². The van der Waals surface area contributed by atoms with E-state index in [0.717, 1.165) is 17.7 Å². The van der Waals surface area contributed by atoms with Gasteiger partial charge in [0.05, 0.1) is 11.7 Å². The van der Waals surface area contributed by atoms with Gasteiger partial charge in [-0.05, 0) is 31.0 Å². The zero-order chi connectivity index (χ0) is 11.5. The number of aromatic nitrogens is 3. The fraction of sp³-hybridized carbons (Fsp3) is 0.333. The van der Waals surface area contributed by atoms with E-state index in [1.807, 2.05) is 17.8 Å². The van der Waals surface area contributed by atoms with Crippen LogP contribution in [-0.2, 0) is 0 Å². The summed E-state index contributed by atoms with van der Waals surface area (Å²) in [4.78, 5) is 0. The molecule has 0 bridgehead atoms. The molecule has 0 spiro atoms. The minimum absolute atomic E-state index is 0.127. The van der Waals surface area contributed by atoms with Gasteiger partial charge in [0.25, 0.3) is 0 Å². The number of nitrogens with zero attached hydrogens (tertiary/aromatic N) is 3. The maximum Gasteiger partial charge on any atom is 0.123 e. The number of rotatable bonds is 3. The molecule has 16 heavy (non-hydrogen) atoms. The normalized spacial score (nSPS) is 12.7. The van der Waals surface area contributed by atoms with Crippen molar-refractivity contribution in [1.29, 1.82) is 0 Å². The van der Waals surface area contributed by atoms with E-state index in [2.05, 4.69) is 17.2 Å². The summed E-state index contributed by atoms with van der Waals surface area (Å²) in [6.45, 7) is 3.98. The lowest BCUT2D eigenvalue weighted by Crippen LogP contribution is -2.10. The van der Waals surface area contributed by atoms with Crippen LogP contribution in [0.3, 0.4) is 0 Å². The first-order chi connectivity index (χ1) is 7.70. The quantitative estimate of drug-likeness (QED) is 0.794. The first kappa shape index (κ1) is 10.8. The van der Waals surface area contributed by atoms with Crippen molar-refractivity contribution in [3.63, 3.8) is 0 Å². The minimum atomic E-state index is -0.214. The lowest BCUT2D eigenvalue weighted by Gasteiger charge is -2.14. The van der Waals surface area contributed by atoms with Crippen LogP contribution in [0, 0.1) is 12.7 Å².